The zero-order valence-corrected chi connectivity index (χ0v) is 20.9. The zero-order chi connectivity index (χ0) is 24.5. The lowest BCUT2D eigenvalue weighted by molar-refractivity contribution is -0.126. The highest BCUT2D eigenvalue weighted by Gasteiger charge is 2.22. The van der Waals surface area contributed by atoms with Crippen LogP contribution in [0.1, 0.15) is 41.7 Å². The summed E-state index contributed by atoms with van der Waals surface area (Å²) in [5.74, 6) is 0.804. The number of hydrogen-bond donors (Lipinski definition) is 0. The second kappa shape index (κ2) is 9.46. The van der Waals surface area contributed by atoms with Crippen molar-refractivity contribution in [1.29, 1.82) is 0 Å². The second-order valence-electron chi connectivity index (χ2n) is 9.31. The Morgan fingerprint density at radius 2 is 1.83 bits per heavy atom. The molecule has 5 rings (SSSR count). The van der Waals surface area contributed by atoms with E-state index < -0.39 is 0 Å². The summed E-state index contributed by atoms with van der Waals surface area (Å²) in [5, 5.41) is 1.02. The molecule has 4 aromatic rings. The molecular weight excluding hydrogens is 434 g/mol. The largest absolute Gasteiger partial charge is 0.493 e. The molecule has 0 aliphatic carbocycles. The summed E-state index contributed by atoms with van der Waals surface area (Å²) in [6, 6.07) is 18.9. The average molecular weight is 466 g/mol. The van der Waals surface area contributed by atoms with Gasteiger partial charge in [0.2, 0.25) is 5.91 Å². The van der Waals surface area contributed by atoms with Gasteiger partial charge >= 0.3 is 0 Å². The van der Waals surface area contributed by atoms with Crippen LogP contribution in [-0.2, 0) is 17.8 Å². The van der Waals surface area contributed by atoms with Crippen molar-refractivity contribution in [1.82, 2.24) is 4.90 Å². The number of benzene rings is 3. The van der Waals surface area contributed by atoms with Crippen LogP contribution in [0, 0.1) is 13.8 Å². The van der Waals surface area contributed by atoms with Gasteiger partial charge in [-0.15, -0.1) is 0 Å². The summed E-state index contributed by atoms with van der Waals surface area (Å²) >= 11 is 0. The van der Waals surface area contributed by atoms with E-state index in [-0.39, 0.29) is 5.91 Å². The number of rotatable bonds is 5. The fraction of sp³-hybridized carbons (Fsp3) is 0.258. The van der Waals surface area contributed by atoms with Gasteiger partial charge in [0.05, 0.1) is 12.9 Å². The lowest BCUT2D eigenvalue weighted by Crippen LogP contribution is -2.34. The predicted octanol–water partition coefficient (Wildman–Crippen LogP) is 7.10. The number of carbonyl (C=O) groups excluding carboxylic acids is 1. The van der Waals surface area contributed by atoms with Crippen LogP contribution < -0.4 is 4.74 Å². The van der Waals surface area contributed by atoms with E-state index in [9.17, 15) is 4.79 Å². The van der Waals surface area contributed by atoms with Crippen molar-refractivity contribution in [3.05, 3.63) is 94.8 Å². The topological polar surface area (TPSA) is 42.7 Å². The number of nitrogens with zero attached hydrogens (tertiary/aromatic N) is 1. The monoisotopic (exact) mass is 465 g/mol. The molecule has 1 amide bonds. The maximum Gasteiger partial charge on any atom is 0.247 e. The van der Waals surface area contributed by atoms with Crippen molar-refractivity contribution >= 4 is 22.4 Å². The van der Waals surface area contributed by atoms with E-state index in [2.05, 4.69) is 55.5 Å². The summed E-state index contributed by atoms with van der Waals surface area (Å²) in [4.78, 5) is 15.2. The van der Waals surface area contributed by atoms with Crippen LogP contribution >= 0.6 is 0 Å². The van der Waals surface area contributed by atoms with Crippen molar-refractivity contribution in [2.24, 2.45) is 0 Å². The van der Waals surface area contributed by atoms with Crippen molar-refractivity contribution in [3.8, 4) is 16.9 Å². The predicted molar refractivity (Wildman–Crippen MR) is 142 cm³/mol. The Kier molecular flexibility index (Phi) is 6.21. The number of amides is 1. The molecule has 0 bridgehead atoms. The summed E-state index contributed by atoms with van der Waals surface area (Å²) < 4.78 is 12.1. The van der Waals surface area contributed by atoms with Gasteiger partial charge in [-0.05, 0) is 62.4 Å². The minimum atomic E-state index is 0.0307. The van der Waals surface area contributed by atoms with Crippen molar-refractivity contribution in [2.75, 3.05) is 13.2 Å². The second-order valence-corrected chi connectivity index (χ2v) is 9.31. The van der Waals surface area contributed by atoms with Crippen molar-refractivity contribution in [2.45, 2.75) is 40.7 Å². The molecule has 0 atom stereocenters. The molecule has 0 saturated carbocycles. The van der Waals surface area contributed by atoms with E-state index in [1.807, 2.05) is 38.0 Å². The van der Waals surface area contributed by atoms with E-state index >= 15 is 0 Å². The van der Waals surface area contributed by atoms with Gasteiger partial charge in [0.25, 0.3) is 0 Å². The fourth-order valence-electron chi connectivity index (χ4n) is 4.93. The number of aryl methyl sites for hydroxylation is 2. The Bertz CT molecular complexity index is 1430. The molecule has 3 aromatic carbocycles. The maximum atomic E-state index is 13.3. The molecule has 0 fully saturated rings. The van der Waals surface area contributed by atoms with Crippen LogP contribution in [-0.4, -0.2) is 24.0 Å². The Hall–Kier alpha value is -3.79. The van der Waals surface area contributed by atoms with Crippen LogP contribution in [0.4, 0.5) is 0 Å². The van der Waals surface area contributed by atoms with Crippen LogP contribution in [0.15, 0.2) is 71.4 Å². The van der Waals surface area contributed by atoms with Crippen LogP contribution in [0.25, 0.3) is 27.7 Å². The zero-order valence-electron chi connectivity index (χ0n) is 20.9. The molecule has 178 valence electrons. The molecule has 2 heterocycles. The normalized spacial score (nSPS) is 13.7. The van der Waals surface area contributed by atoms with Crippen LogP contribution in [0.2, 0.25) is 0 Å². The third-order valence-electron chi connectivity index (χ3n) is 6.90. The number of hydrogen-bond acceptors (Lipinski definition) is 3. The van der Waals surface area contributed by atoms with Gasteiger partial charge in [-0.2, -0.15) is 0 Å². The summed E-state index contributed by atoms with van der Waals surface area (Å²) in [5.41, 5.74) is 9.51. The van der Waals surface area contributed by atoms with Gasteiger partial charge in [-0.3, -0.25) is 4.79 Å². The number of ether oxygens (including phenoxy) is 1. The molecule has 35 heavy (non-hydrogen) atoms. The fourth-order valence-corrected chi connectivity index (χ4v) is 4.93. The van der Waals surface area contributed by atoms with Crippen molar-refractivity contribution < 1.29 is 13.9 Å². The average Bonchev–Trinajstić information content (AvgIpc) is 3.30. The maximum absolute atomic E-state index is 13.3. The highest BCUT2D eigenvalue weighted by molar-refractivity contribution is 6.01. The lowest BCUT2D eigenvalue weighted by atomic mass is 9.95. The third kappa shape index (κ3) is 4.37. The number of fused-ring (bicyclic) bond motifs is 2. The Balaban J connectivity index is 1.54. The van der Waals surface area contributed by atoms with E-state index in [0.29, 0.717) is 13.2 Å². The van der Waals surface area contributed by atoms with Gasteiger partial charge in [-0.25, -0.2) is 0 Å². The number of furan rings is 1. The first kappa shape index (κ1) is 23.0. The van der Waals surface area contributed by atoms with Gasteiger partial charge < -0.3 is 14.1 Å². The number of carbonyl (C=O) groups is 1. The van der Waals surface area contributed by atoms with Gasteiger partial charge in [0.1, 0.15) is 11.3 Å². The summed E-state index contributed by atoms with van der Waals surface area (Å²) in [6.07, 6.45) is 4.46. The molecule has 1 aliphatic rings. The first-order chi connectivity index (χ1) is 17.0. The molecule has 0 saturated heterocycles. The molecule has 0 radical (unpaired) electrons. The summed E-state index contributed by atoms with van der Waals surface area (Å²) in [7, 11) is 0. The molecule has 0 spiro atoms. The molecule has 0 N–H and O–H groups in total. The van der Waals surface area contributed by atoms with Crippen LogP contribution in [0.5, 0.6) is 5.75 Å². The van der Waals surface area contributed by atoms with E-state index in [1.54, 1.807) is 6.08 Å². The molecule has 1 aliphatic heterocycles. The Morgan fingerprint density at radius 3 is 2.57 bits per heavy atom. The Labute approximate surface area is 206 Å². The van der Waals surface area contributed by atoms with E-state index in [4.69, 9.17) is 9.15 Å². The minimum absolute atomic E-state index is 0.0307. The molecule has 4 heteroatoms. The van der Waals surface area contributed by atoms with E-state index in [0.717, 1.165) is 57.5 Å². The Morgan fingerprint density at radius 1 is 1.09 bits per heavy atom. The highest BCUT2D eigenvalue weighted by Crippen LogP contribution is 2.41. The number of allylic oxidation sites excluding steroid dienone is 1. The molecule has 1 aromatic heterocycles. The van der Waals surface area contributed by atoms with E-state index in [1.165, 1.54) is 16.7 Å². The molecule has 4 nitrogen and oxygen atoms in total. The quantitative estimate of drug-likeness (QED) is 0.295. The first-order valence-corrected chi connectivity index (χ1v) is 12.2. The minimum Gasteiger partial charge on any atom is -0.493 e. The van der Waals surface area contributed by atoms with Crippen LogP contribution in [0.3, 0.4) is 0 Å². The van der Waals surface area contributed by atoms with Gasteiger partial charge in [-0.1, -0.05) is 54.1 Å². The van der Waals surface area contributed by atoms with Crippen molar-refractivity contribution in [3.63, 3.8) is 0 Å². The third-order valence-corrected chi connectivity index (χ3v) is 6.90. The highest BCUT2D eigenvalue weighted by atomic mass is 16.5. The van der Waals surface area contributed by atoms with Gasteiger partial charge in [0, 0.05) is 41.2 Å². The standard InChI is InChI=1S/C31H31NO3/c1-5-34-30-22(4)31-27(28(19-35-31)24-12-10-20(2)11-13-24)17-26(30)21(3)16-29(33)32-15-14-23-8-6-7-9-25(23)18-32/h6-13,16-17,19H,5,14-15,18H2,1-4H3/b21-16+. The van der Waals surface area contributed by atoms with Gasteiger partial charge in [0.15, 0.2) is 0 Å². The lowest BCUT2D eigenvalue weighted by Gasteiger charge is -2.28. The smallest absolute Gasteiger partial charge is 0.247 e. The molecular formula is C31H31NO3. The SMILES string of the molecule is CCOc1c(/C(C)=C/C(=O)N2CCc3ccccc3C2)cc2c(-c3ccc(C)cc3)coc2c1C. The summed E-state index contributed by atoms with van der Waals surface area (Å²) in [6.45, 7) is 9.99. The first-order valence-electron chi connectivity index (χ1n) is 12.2. The molecule has 0 unspecified atom stereocenters.